The summed E-state index contributed by atoms with van der Waals surface area (Å²) in [5, 5.41) is 4.76. The number of thiophene rings is 1. The second-order valence-electron chi connectivity index (χ2n) is 7.67. The van der Waals surface area contributed by atoms with Crippen LogP contribution in [0.2, 0.25) is 0 Å². The van der Waals surface area contributed by atoms with Gasteiger partial charge in [-0.25, -0.2) is 0 Å². The number of hydrogen-bond acceptors (Lipinski definition) is 6. The van der Waals surface area contributed by atoms with E-state index in [1.54, 1.807) is 12.4 Å². The van der Waals surface area contributed by atoms with Gasteiger partial charge < -0.3 is 10.1 Å². The number of esters is 1. The number of rotatable bonds is 9. The lowest BCUT2D eigenvalue weighted by molar-refractivity contribution is -0.148. The Hall–Kier alpha value is -2.83. The molecule has 0 aliphatic carbocycles. The molecule has 0 radical (unpaired) electrons. The van der Waals surface area contributed by atoms with E-state index < -0.39 is 0 Å². The number of ether oxygens (including phenoxy) is 1. The summed E-state index contributed by atoms with van der Waals surface area (Å²) in [5.41, 5.74) is 4.54. The molecule has 3 rings (SSSR count). The second-order valence-corrected chi connectivity index (χ2v) is 8.61. The maximum atomic E-state index is 11.3. The minimum Gasteiger partial charge on any atom is -0.466 e. The zero-order valence-corrected chi connectivity index (χ0v) is 21.9. The Morgan fingerprint density at radius 1 is 1.00 bits per heavy atom. The molecule has 1 N–H and O–H groups in total. The van der Waals surface area contributed by atoms with Crippen molar-refractivity contribution in [2.24, 2.45) is 5.92 Å². The highest BCUT2D eigenvalue weighted by Gasteiger charge is 2.16. The summed E-state index contributed by atoms with van der Waals surface area (Å²) < 4.78 is 4.95. The summed E-state index contributed by atoms with van der Waals surface area (Å²) in [7, 11) is 3.75. The molecule has 1 atom stereocenters. The third-order valence-electron chi connectivity index (χ3n) is 4.99. The Kier molecular flexibility index (Phi) is 15.1. The van der Waals surface area contributed by atoms with Crippen LogP contribution in [0.3, 0.4) is 0 Å². The molecule has 6 heteroatoms. The van der Waals surface area contributed by atoms with Crippen LogP contribution in [0.1, 0.15) is 56.1 Å². The van der Waals surface area contributed by atoms with Crippen molar-refractivity contribution >= 4 is 23.6 Å². The molecule has 3 aromatic rings. The fourth-order valence-corrected chi connectivity index (χ4v) is 3.88. The zero-order chi connectivity index (χ0) is 25.2. The van der Waals surface area contributed by atoms with Crippen molar-refractivity contribution in [1.82, 2.24) is 10.3 Å². The van der Waals surface area contributed by atoms with Crippen LogP contribution in [-0.4, -0.2) is 37.9 Å². The molecule has 0 bridgehead atoms. The lowest BCUT2D eigenvalue weighted by Gasteiger charge is -2.12. The van der Waals surface area contributed by atoms with E-state index in [-0.39, 0.29) is 11.9 Å². The van der Waals surface area contributed by atoms with E-state index in [1.807, 2.05) is 51.5 Å². The summed E-state index contributed by atoms with van der Waals surface area (Å²) in [6.45, 7) is 6.53. The zero-order valence-electron chi connectivity index (χ0n) is 21.0. The van der Waals surface area contributed by atoms with Gasteiger partial charge in [0.1, 0.15) is 0 Å². The van der Waals surface area contributed by atoms with Gasteiger partial charge in [0.05, 0.1) is 17.4 Å². The van der Waals surface area contributed by atoms with Gasteiger partial charge in [0, 0.05) is 12.4 Å². The molecule has 1 aromatic carbocycles. The number of aromatic nitrogens is 1. The predicted octanol–water partition coefficient (Wildman–Crippen LogP) is 6.89. The third-order valence-corrected chi connectivity index (χ3v) is 5.84. The number of hydrogen-bond donors (Lipinski definition) is 1. The van der Waals surface area contributed by atoms with Gasteiger partial charge >= 0.3 is 5.97 Å². The summed E-state index contributed by atoms with van der Waals surface area (Å²) in [6, 6.07) is 14.2. The van der Waals surface area contributed by atoms with Crippen molar-refractivity contribution in [1.29, 1.82) is 0 Å². The van der Waals surface area contributed by atoms with E-state index in [9.17, 15) is 9.59 Å². The topological polar surface area (TPSA) is 68.3 Å². The van der Waals surface area contributed by atoms with Crippen molar-refractivity contribution in [2.45, 2.75) is 46.5 Å². The van der Waals surface area contributed by atoms with E-state index in [0.29, 0.717) is 6.61 Å². The summed E-state index contributed by atoms with van der Waals surface area (Å²) in [4.78, 5) is 26.7. The van der Waals surface area contributed by atoms with Crippen molar-refractivity contribution < 1.29 is 14.3 Å². The van der Waals surface area contributed by atoms with Crippen molar-refractivity contribution in [3.8, 4) is 22.3 Å². The van der Waals surface area contributed by atoms with E-state index >= 15 is 0 Å². The number of nitrogens with zero attached hydrogens (tertiary/aromatic N) is 1. The Morgan fingerprint density at radius 2 is 1.56 bits per heavy atom. The molecule has 0 fully saturated rings. The number of unbranched alkanes of at least 4 members (excludes halogenated alkanes) is 1. The van der Waals surface area contributed by atoms with Crippen LogP contribution in [0.15, 0.2) is 60.2 Å². The van der Waals surface area contributed by atoms with Crippen LogP contribution in [0.25, 0.3) is 22.3 Å². The van der Waals surface area contributed by atoms with Crippen LogP contribution in [0, 0.1) is 5.92 Å². The lowest BCUT2D eigenvalue weighted by Crippen LogP contribution is -2.16. The molecule has 0 unspecified atom stereocenters. The Morgan fingerprint density at radius 3 is 2.03 bits per heavy atom. The SMILES string of the molecule is CCCC[C@H](CC)C(=O)OCC.CNC.O=Cc1cc(-c2ccc(-c3ccncc3)cc2)cs1. The van der Waals surface area contributed by atoms with Crippen LogP contribution in [-0.2, 0) is 9.53 Å². The Labute approximate surface area is 208 Å². The molecule has 184 valence electrons. The minimum absolute atomic E-state index is 0.0200. The molecular formula is C28H38N2O3S. The van der Waals surface area contributed by atoms with E-state index in [1.165, 1.54) is 11.3 Å². The molecule has 0 amide bonds. The molecule has 0 saturated carbocycles. The van der Waals surface area contributed by atoms with Crippen LogP contribution < -0.4 is 5.32 Å². The number of carbonyl (C=O) groups excluding carboxylic acids is 2. The summed E-state index contributed by atoms with van der Waals surface area (Å²) in [5.74, 6) is 0.110. The highest BCUT2D eigenvalue weighted by atomic mass is 32.1. The molecule has 5 nitrogen and oxygen atoms in total. The van der Waals surface area contributed by atoms with Gasteiger partial charge in [-0.15, -0.1) is 11.3 Å². The third kappa shape index (κ3) is 10.4. The van der Waals surface area contributed by atoms with E-state index in [0.717, 1.165) is 59.1 Å². The smallest absolute Gasteiger partial charge is 0.308 e. The van der Waals surface area contributed by atoms with Crippen molar-refractivity contribution in [2.75, 3.05) is 20.7 Å². The molecule has 0 aliphatic heterocycles. The highest BCUT2D eigenvalue weighted by molar-refractivity contribution is 7.12. The van der Waals surface area contributed by atoms with Gasteiger partial charge in [0.15, 0.2) is 6.29 Å². The summed E-state index contributed by atoms with van der Waals surface area (Å²) >= 11 is 1.47. The maximum absolute atomic E-state index is 11.3. The standard InChI is InChI=1S/C16H11NOS.C10H20O2.C2H7N/c18-10-16-9-15(11-19-16)13-3-1-12(2-4-13)14-5-7-17-8-6-14;1-4-7-8-9(5-2)10(11)12-6-3;1-3-2/h1-11H;9H,4-8H2,1-3H3;3H,1-2H3/t;9-;/m.0./s1. The number of benzene rings is 1. The molecule has 34 heavy (non-hydrogen) atoms. The number of pyridine rings is 1. The molecule has 2 aromatic heterocycles. The second kappa shape index (κ2) is 17.6. The minimum atomic E-state index is -0.0200. The Bertz CT molecular complexity index is 940. The maximum Gasteiger partial charge on any atom is 0.308 e. The number of carbonyl (C=O) groups is 2. The molecule has 0 saturated heterocycles. The fourth-order valence-electron chi connectivity index (χ4n) is 3.16. The Balaban J connectivity index is 0.000000334. The first kappa shape index (κ1) is 29.2. The first-order valence-corrected chi connectivity index (χ1v) is 12.7. The average molecular weight is 483 g/mol. The number of nitrogens with one attached hydrogen (secondary N) is 1. The predicted molar refractivity (Wildman–Crippen MR) is 143 cm³/mol. The van der Waals surface area contributed by atoms with Crippen LogP contribution >= 0.6 is 11.3 Å². The van der Waals surface area contributed by atoms with Gasteiger partial charge in [-0.1, -0.05) is 51.0 Å². The van der Waals surface area contributed by atoms with Gasteiger partial charge in [-0.05, 0) is 79.7 Å². The van der Waals surface area contributed by atoms with Crippen LogP contribution in [0.4, 0.5) is 0 Å². The quantitative estimate of drug-likeness (QED) is 0.266. The largest absolute Gasteiger partial charge is 0.466 e. The normalized spacial score (nSPS) is 10.7. The molecule has 0 aliphatic rings. The molecule has 2 heterocycles. The monoisotopic (exact) mass is 482 g/mol. The van der Waals surface area contributed by atoms with Gasteiger partial charge in [0.25, 0.3) is 0 Å². The first-order chi connectivity index (χ1) is 16.5. The van der Waals surface area contributed by atoms with Crippen molar-refractivity contribution in [3.63, 3.8) is 0 Å². The van der Waals surface area contributed by atoms with Crippen LogP contribution in [0.5, 0.6) is 0 Å². The fraction of sp³-hybridized carbons (Fsp3) is 0.393. The lowest BCUT2D eigenvalue weighted by atomic mass is 10.00. The van der Waals surface area contributed by atoms with E-state index in [4.69, 9.17) is 4.74 Å². The first-order valence-electron chi connectivity index (χ1n) is 11.8. The van der Waals surface area contributed by atoms with E-state index in [2.05, 4.69) is 41.5 Å². The molecular weight excluding hydrogens is 444 g/mol. The molecule has 0 spiro atoms. The van der Waals surface area contributed by atoms with Gasteiger partial charge in [-0.3, -0.25) is 14.6 Å². The summed E-state index contributed by atoms with van der Waals surface area (Å²) in [6.07, 6.45) is 8.62. The van der Waals surface area contributed by atoms with Gasteiger partial charge in [0.2, 0.25) is 0 Å². The highest BCUT2D eigenvalue weighted by Crippen LogP contribution is 2.27. The van der Waals surface area contributed by atoms with Gasteiger partial charge in [-0.2, -0.15) is 0 Å². The van der Waals surface area contributed by atoms with Crippen molar-refractivity contribution in [3.05, 3.63) is 65.1 Å². The number of aldehydes is 1. The average Bonchev–Trinajstić information content (AvgIpc) is 3.36.